The van der Waals surface area contributed by atoms with Crippen LogP contribution in [0.2, 0.25) is 5.02 Å². The van der Waals surface area contributed by atoms with Crippen LogP contribution in [-0.2, 0) is 9.59 Å². The number of β-amino-alcohol motifs (C(OH)–C–C–N with tert-alkyl or cyclic N) is 1. The number of fused-ring (bicyclic) bond motifs is 1. The van der Waals surface area contributed by atoms with Gasteiger partial charge in [-0.25, -0.2) is 4.39 Å². The Morgan fingerprint density at radius 1 is 1.17 bits per heavy atom. The average molecular weight is 428 g/mol. The largest absolute Gasteiger partial charge is 0.391 e. The number of carbonyl (C=O) groups excluding carboxylic acids is 2. The Morgan fingerprint density at radius 2 is 1.93 bits per heavy atom. The summed E-state index contributed by atoms with van der Waals surface area (Å²) in [5.41, 5.74) is 1.88. The number of aliphatic hydroxyl groups excluding tert-OH is 1. The van der Waals surface area contributed by atoms with Crippen molar-refractivity contribution in [1.82, 2.24) is 9.88 Å². The van der Waals surface area contributed by atoms with E-state index in [1.165, 1.54) is 17.0 Å². The van der Waals surface area contributed by atoms with Gasteiger partial charge in [-0.2, -0.15) is 0 Å². The molecule has 1 aliphatic heterocycles. The predicted octanol–water partition coefficient (Wildman–Crippen LogP) is 3.34. The fourth-order valence-electron chi connectivity index (χ4n) is 3.80. The van der Waals surface area contributed by atoms with Crippen molar-refractivity contribution in [3.63, 3.8) is 0 Å². The molecule has 0 spiro atoms. The Bertz CT molecular complexity index is 1110. The first-order valence-corrected chi connectivity index (χ1v) is 9.88. The minimum absolute atomic E-state index is 0.0106. The standard InChI is InChI=1S/C22H19ClFN3O3/c23-13-1-4-15(5-2-13)26-21(29)22(30)27-10-8-17(20(28)12-27)16-7-9-25-19-6-3-14(24)11-18(16)19/h1-7,9,11,17,20,28H,8,10,12H2,(H,26,29)/t17-,20+/m1/s1. The molecule has 1 fully saturated rings. The smallest absolute Gasteiger partial charge is 0.313 e. The lowest BCUT2D eigenvalue weighted by Crippen LogP contribution is -2.49. The third-order valence-electron chi connectivity index (χ3n) is 5.30. The van der Waals surface area contributed by atoms with E-state index in [1.807, 2.05) is 0 Å². The van der Waals surface area contributed by atoms with Crippen molar-refractivity contribution in [2.24, 2.45) is 0 Å². The van der Waals surface area contributed by atoms with Crippen molar-refractivity contribution in [2.45, 2.75) is 18.4 Å². The van der Waals surface area contributed by atoms with Gasteiger partial charge in [-0.15, -0.1) is 0 Å². The van der Waals surface area contributed by atoms with E-state index in [0.717, 1.165) is 5.56 Å². The first kappa shape index (κ1) is 20.3. The molecule has 0 radical (unpaired) electrons. The van der Waals surface area contributed by atoms with Gasteiger partial charge < -0.3 is 15.3 Å². The SMILES string of the molecule is O=C(Nc1ccc(Cl)cc1)C(=O)N1CC[C@H](c2ccnc3ccc(F)cc23)[C@@H](O)C1. The summed E-state index contributed by atoms with van der Waals surface area (Å²) in [6, 6.07) is 12.5. The zero-order valence-electron chi connectivity index (χ0n) is 15.9. The highest BCUT2D eigenvalue weighted by Crippen LogP contribution is 2.33. The van der Waals surface area contributed by atoms with E-state index in [1.54, 1.807) is 42.6 Å². The van der Waals surface area contributed by atoms with Gasteiger partial charge in [0, 0.05) is 41.3 Å². The summed E-state index contributed by atoms with van der Waals surface area (Å²) in [7, 11) is 0. The van der Waals surface area contributed by atoms with Crippen LogP contribution in [0.1, 0.15) is 17.9 Å². The molecule has 0 unspecified atom stereocenters. The third-order valence-corrected chi connectivity index (χ3v) is 5.55. The lowest BCUT2D eigenvalue weighted by Gasteiger charge is -2.36. The molecule has 30 heavy (non-hydrogen) atoms. The average Bonchev–Trinajstić information content (AvgIpc) is 2.74. The third kappa shape index (κ3) is 4.13. The monoisotopic (exact) mass is 427 g/mol. The van der Waals surface area contributed by atoms with Gasteiger partial charge >= 0.3 is 11.8 Å². The summed E-state index contributed by atoms with van der Waals surface area (Å²) in [5.74, 6) is -2.16. The number of benzene rings is 2. The van der Waals surface area contributed by atoms with E-state index in [2.05, 4.69) is 10.3 Å². The van der Waals surface area contributed by atoms with E-state index in [9.17, 15) is 19.1 Å². The molecule has 0 bridgehead atoms. The summed E-state index contributed by atoms with van der Waals surface area (Å²) in [6.45, 7) is 0.310. The maximum absolute atomic E-state index is 13.7. The maximum Gasteiger partial charge on any atom is 0.313 e. The van der Waals surface area contributed by atoms with Crippen LogP contribution in [0.15, 0.2) is 54.7 Å². The molecule has 2 heterocycles. The first-order chi connectivity index (χ1) is 14.4. The lowest BCUT2D eigenvalue weighted by molar-refractivity contribution is -0.145. The maximum atomic E-state index is 13.7. The zero-order chi connectivity index (χ0) is 21.3. The number of hydrogen-bond donors (Lipinski definition) is 2. The number of rotatable bonds is 2. The molecule has 0 aliphatic carbocycles. The van der Waals surface area contributed by atoms with Crippen LogP contribution in [0.25, 0.3) is 10.9 Å². The predicted molar refractivity (Wildman–Crippen MR) is 112 cm³/mol. The Kier molecular flexibility index (Phi) is 5.65. The van der Waals surface area contributed by atoms with Crippen LogP contribution in [0, 0.1) is 5.82 Å². The van der Waals surface area contributed by atoms with Crippen molar-refractivity contribution in [3.05, 3.63) is 71.1 Å². The number of likely N-dealkylation sites (tertiary alicyclic amines) is 1. The van der Waals surface area contributed by atoms with E-state index in [-0.39, 0.29) is 18.3 Å². The number of aromatic nitrogens is 1. The molecule has 2 aromatic carbocycles. The molecule has 1 aromatic heterocycles. The van der Waals surface area contributed by atoms with Crippen LogP contribution < -0.4 is 5.32 Å². The summed E-state index contributed by atoms with van der Waals surface area (Å²) < 4.78 is 13.7. The number of nitrogens with one attached hydrogen (secondary N) is 1. The number of pyridine rings is 1. The van der Waals surface area contributed by atoms with Crippen LogP contribution in [-0.4, -0.2) is 46.0 Å². The van der Waals surface area contributed by atoms with E-state index in [4.69, 9.17) is 11.6 Å². The fourth-order valence-corrected chi connectivity index (χ4v) is 3.93. The summed E-state index contributed by atoms with van der Waals surface area (Å²) in [5, 5.41) is 14.4. The highest BCUT2D eigenvalue weighted by atomic mass is 35.5. The molecular formula is C22H19ClFN3O3. The molecular weight excluding hydrogens is 409 g/mol. The zero-order valence-corrected chi connectivity index (χ0v) is 16.6. The highest BCUT2D eigenvalue weighted by Gasteiger charge is 2.34. The number of aliphatic hydroxyl groups is 1. The second-order valence-corrected chi connectivity index (χ2v) is 7.67. The summed E-state index contributed by atoms with van der Waals surface area (Å²) in [4.78, 5) is 30.4. The number of piperidine rings is 1. The topological polar surface area (TPSA) is 82.5 Å². The first-order valence-electron chi connectivity index (χ1n) is 9.50. The Balaban J connectivity index is 1.46. The van der Waals surface area contributed by atoms with Crippen LogP contribution in [0.5, 0.6) is 0 Å². The number of nitrogens with zero attached hydrogens (tertiary/aromatic N) is 2. The lowest BCUT2D eigenvalue weighted by atomic mass is 9.85. The molecule has 2 N–H and O–H groups in total. The molecule has 2 amide bonds. The van der Waals surface area contributed by atoms with Crippen molar-refractivity contribution >= 4 is 40.0 Å². The minimum atomic E-state index is -0.889. The number of anilines is 1. The van der Waals surface area contributed by atoms with Crippen LogP contribution in [0.3, 0.4) is 0 Å². The number of hydrogen-bond acceptors (Lipinski definition) is 4. The summed E-state index contributed by atoms with van der Waals surface area (Å²) in [6.07, 6.45) is 1.18. The molecule has 8 heteroatoms. The molecule has 6 nitrogen and oxygen atoms in total. The highest BCUT2D eigenvalue weighted by molar-refractivity contribution is 6.39. The molecule has 0 saturated carbocycles. The number of amides is 2. The van der Waals surface area contributed by atoms with Crippen molar-refractivity contribution in [3.8, 4) is 0 Å². The van der Waals surface area contributed by atoms with Gasteiger partial charge in [0.05, 0.1) is 11.6 Å². The second kappa shape index (κ2) is 8.38. The molecule has 154 valence electrons. The van der Waals surface area contributed by atoms with Crippen molar-refractivity contribution in [1.29, 1.82) is 0 Å². The van der Waals surface area contributed by atoms with E-state index < -0.39 is 17.9 Å². The normalized spacial score (nSPS) is 19.0. The van der Waals surface area contributed by atoms with Gasteiger partial charge in [-0.05, 0) is 60.5 Å². The van der Waals surface area contributed by atoms with Crippen LogP contribution >= 0.6 is 11.6 Å². The molecule has 3 aromatic rings. The number of halogens is 2. The summed E-state index contributed by atoms with van der Waals surface area (Å²) >= 11 is 5.82. The number of carbonyl (C=O) groups is 2. The Morgan fingerprint density at radius 3 is 2.67 bits per heavy atom. The van der Waals surface area contributed by atoms with Crippen LogP contribution in [0.4, 0.5) is 10.1 Å². The molecule has 4 rings (SSSR count). The van der Waals surface area contributed by atoms with Crippen molar-refractivity contribution in [2.75, 3.05) is 18.4 Å². The van der Waals surface area contributed by atoms with Crippen molar-refractivity contribution < 1.29 is 19.1 Å². The van der Waals surface area contributed by atoms with Gasteiger partial charge in [0.15, 0.2) is 0 Å². The van der Waals surface area contributed by atoms with Gasteiger partial charge in [0.1, 0.15) is 5.82 Å². The molecule has 1 aliphatic rings. The van der Waals surface area contributed by atoms with Gasteiger partial charge in [-0.1, -0.05) is 11.6 Å². The molecule has 2 atom stereocenters. The van der Waals surface area contributed by atoms with E-state index >= 15 is 0 Å². The quantitative estimate of drug-likeness (QED) is 0.614. The molecule has 1 saturated heterocycles. The Labute approximate surface area is 177 Å². The van der Waals surface area contributed by atoms with E-state index in [0.29, 0.717) is 34.6 Å². The Hall–Kier alpha value is -3.03. The van der Waals surface area contributed by atoms with Gasteiger partial charge in [0.25, 0.3) is 0 Å². The van der Waals surface area contributed by atoms with Gasteiger partial charge in [0.2, 0.25) is 0 Å². The minimum Gasteiger partial charge on any atom is -0.391 e. The second-order valence-electron chi connectivity index (χ2n) is 7.24. The fraction of sp³-hybridized carbons (Fsp3) is 0.227. The van der Waals surface area contributed by atoms with Gasteiger partial charge in [-0.3, -0.25) is 14.6 Å².